The highest BCUT2D eigenvalue weighted by molar-refractivity contribution is 5.46. The fraction of sp³-hybridized carbons (Fsp3) is 0.667. The van der Waals surface area contributed by atoms with E-state index in [1.54, 1.807) is 0 Å². The van der Waals surface area contributed by atoms with Gasteiger partial charge in [-0.25, -0.2) is 9.97 Å². The molecule has 0 aromatic carbocycles. The fourth-order valence-electron chi connectivity index (χ4n) is 1.36. The number of nitrogens with zero attached hydrogens (tertiary/aromatic N) is 2. The van der Waals surface area contributed by atoms with E-state index in [1.165, 1.54) is 0 Å². The number of hydrogen-bond donors (Lipinski definition) is 2. The summed E-state index contributed by atoms with van der Waals surface area (Å²) < 4.78 is 5.48. The quantitative estimate of drug-likeness (QED) is 0.711. The monoisotopic (exact) mass is 238 g/mol. The maximum Gasteiger partial charge on any atom is 0.131 e. The van der Waals surface area contributed by atoms with Gasteiger partial charge in [-0.15, -0.1) is 0 Å². The van der Waals surface area contributed by atoms with E-state index in [1.807, 2.05) is 20.0 Å². The standard InChI is InChI=1S/C12H22N4O/c1-9(2)8-17-6-5-14-12-7-11(13-4)15-10(3)16-12/h7,9H,5-6,8H2,1-4H3,(H2,13,14,15,16). The van der Waals surface area contributed by atoms with E-state index < -0.39 is 0 Å². The van der Waals surface area contributed by atoms with Crippen LogP contribution < -0.4 is 10.6 Å². The van der Waals surface area contributed by atoms with Crippen LogP contribution in [0.15, 0.2) is 6.07 Å². The first-order valence-corrected chi connectivity index (χ1v) is 5.97. The van der Waals surface area contributed by atoms with Crippen molar-refractivity contribution in [2.75, 3.05) is 37.4 Å². The van der Waals surface area contributed by atoms with Crippen LogP contribution in [0.3, 0.4) is 0 Å². The predicted octanol–water partition coefficient (Wildman–Crippen LogP) is 1.91. The second kappa shape index (κ2) is 7.06. The third-order valence-corrected chi connectivity index (χ3v) is 2.10. The summed E-state index contributed by atoms with van der Waals surface area (Å²) in [6.45, 7) is 8.40. The van der Waals surface area contributed by atoms with Gasteiger partial charge in [-0.05, 0) is 12.8 Å². The minimum Gasteiger partial charge on any atom is -0.379 e. The van der Waals surface area contributed by atoms with Crippen LogP contribution in [0.4, 0.5) is 11.6 Å². The molecule has 1 aromatic rings. The van der Waals surface area contributed by atoms with Crippen LogP contribution >= 0.6 is 0 Å². The molecular formula is C12H22N4O. The van der Waals surface area contributed by atoms with Gasteiger partial charge in [-0.1, -0.05) is 13.8 Å². The first-order valence-electron chi connectivity index (χ1n) is 5.97. The summed E-state index contributed by atoms with van der Waals surface area (Å²) in [6, 6.07) is 1.88. The predicted molar refractivity (Wildman–Crippen MR) is 70.5 cm³/mol. The Kier molecular flexibility index (Phi) is 5.69. The van der Waals surface area contributed by atoms with Crippen LogP contribution in [0.25, 0.3) is 0 Å². The average Bonchev–Trinajstić information content (AvgIpc) is 2.27. The number of aromatic nitrogens is 2. The largest absolute Gasteiger partial charge is 0.379 e. The lowest BCUT2D eigenvalue weighted by Gasteiger charge is -2.09. The maximum absolute atomic E-state index is 5.48. The summed E-state index contributed by atoms with van der Waals surface area (Å²) in [5.41, 5.74) is 0. The number of nitrogens with one attached hydrogen (secondary N) is 2. The summed E-state index contributed by atoms with van der Waals surface area (Å²) in [6.07, 6.45) is 0. The molecule has 0 aliphatic heterocycles. The van der Waals surface area contributed by atoms with Gasteiger partial charge in [0.15, 0.2) is 0 Å². The Labute approximate surface area is 103 Å². The van der Waals surface area contributed by atoms with E-state index in [2.05, 4.69) is 34.4 Å². The van der Waals surface area contributed by atoms with Crippen LogP contribution in [0.5, 0.6) is 0 Å². The van der Waals surface area contributed by atoms with Crippen molar-refractivity contribution in [2.24, 2.45) is 5.92 Å². The molecule has 1 aromatic heterocycles. The molecule has 96 valence electrons. The highest BCUT2D eigenvalue weighted by atomic mass is 16.5. The third-order valence-electron chi connectivity index (χ3n) is 2.10. The van der Waals surface area contributed by atoms with Crippen molar-refractivity contribution in [1.29, 1.82) is 0 Å². The number of anilines is 2. The number of hydrogen-bond acceptors (Lipinski definition) is 5. The molecule has 0 amide bonds. The topological polar surface area (TPSA) is 59.1 Å². The minimum absolute atomic E-state index is 0.576. The van der Waals surface area contributed by atoms with Crippen molar-refractivity contribution in [1.82, 2.24) is 9.97 Å². The Bertz CT molecular complexity index is 341. The number of ether oxygens (including phenoxy) is 1. The van der Waals surface area contributed by atoms with Gasteiger partial charge in [-0.3, -0.25) is 0 Å². The Balaban J connectivity index is 2.33. The van der Waals surface area contributed by atoms with Crippen LogP contribution in [0, 0.1) is 12.8 Å². The summed E-state index contributed by atoms with van der Waals surface area (Å²) in [4.78, 5) is 8.52. The van der Waals surface area contributed by atoms with Crippen molar-refractivity contribution < 1.29 is 4.74 Å². The lowest BCUT2D eigenvalue weighted by atomic mass is 10.2. The van der Waals surface area contributed by atoms with Gasteiger partial charge < -0.3 is 15.4 Å². The lowest BCUT2D eigenvalue weighted by molar-refractivity contribution is 0.118. The molecule has 0 spiro atoms. The Morgan fingerprint density at radius 2 is 2.00 bits per heavy atom. The summed E-state index contributed by atoms with van der Waals surface area (Å²) in [5, 5.41) is 6.22. The molecule has 5 nitrogen and oxygen atoms in total. The van der Waals surface area contributed by atoms with Crippen molar-refractivity contribution in [2.45, 2.75) is 20.8 Å². The molecular weight excluding hydrogens is 216 g/mol. The number of aryl methyl sites for hydroxylation is 1. The molecule has 1 rings (SSSR count). The van der Waals surface area contributed by atoms with E-state index in [4.69, 9.17) is 4.74 Å². The average molecular weight is 238 g/mol. The molecule has 0 unspecified atom stereocenters. The highest BCUT2D eigenvalue weighted by Gasteiger charge is 2.00. The van der Waals surface area contributed by atoms with Crippen LogP contribution in [0.2, 0.25) is 0 Å². The zero-order valence-electron chi connectivity index (χ0n) is 11.1. The summed E-state index contributed by atoms with van der Waals surface area (Å²) in [5.74, 6) is 2.98. The highest BCUT2D eigenvalue weighted by Crippen LogP contribution is 2.09. The molecule has 0 saturated heterocycles. The first kappa shape index (κ1) is 13.7. The smallest absolute Gasteiger partial charge is 0.131 e. The van der Waals surface area contributed by atoms with E-state index in [0.717, 1.165) is 30.6 Å². The molecule has 2 N–H and O–H groups in total. The van der Waals surface area contributed by atoms with E-state index in [9.17, 15) is 0 Å². The van der Waals surface area contributed by atoms with E-state index in [0.29, 0.717) is 12.5 Å². The minimum atomic E-state index is 0.576. The van der Waals surface area contributed by atoms with Gasteiger partial charge in [0.2, 0.25) is 0 Å². The second-order valence-electron chi connectivity index (χ2n) is 4.33. The van der Waals surface area contributed by atoms with Crippen molar-refractivity contribution in [3.63, 3.8) is 0 Å². The zero-order chi connectivity index (χ0) is 12.7. The molecule has 0 bridgehead atoms. The Morgan fingerprint density at radius 3 is 2.65 bits per heavy atom. The van der Waals surface area contributed by atoms with E-state index >= 15 is 0 Å². The summed E-state index contributed by atoms with van der Waals surface area (Å²) >= 11 is 0. The molecule has 0 aliphatic carbocycles. The van der Waals surface area contributed by atoms with Gasteiger partial charge in [0.25, 0.3) is 0 Å². The fourth-order valence-corrected chi connectivity index (χ4v) is 1.36. The normalized spacial score (nSPS) is 10.6. The maximum atomic E-state index is 5.48. The van der Waals surface area contributed by atoms with E-state index in [-0.39, 0.29) is 0 Å². The number of rotatable bonds is 7. The third kappa shape index (κ3) is 5.49. The SMILES string of the molecule is CNc1cc(NCCOCC(C)C)nc(C)n1. The molecule has 0 aliphatic rings. The second-order valence-corrected chi connectivity index (χ2v) is 4.33. The molecule has 0 fully saturated rings. The van der Waals surface area contributed by atoms with Gasteiger partial charge >= 0.3 is 0 Å². The molecule has 5 heteroatoms. The molecule has 0 saturated carbocycles. The molecule has 0 radical (unpaired) electrons. The molecule has 0 atom stereocenters. The Hall–Kier alpha value is -1.36. The van der Waals surface area contributed by atoms with Crippen molar-refractivity contribution >= 4 is 11.6 Å². The van der Waals surface area contributed by atoms with Crippen LogP contribution in [-0.4, -0.2) is 36.8 Å². The van der Waals surface area contributed by atoms with Gasteiger partial charge in [0, 0.05) is 26.3 Å². The van der Waals surface area contributed by atoms with Gasteiger partial charge in [0.1, 0.15) is 17.5 Å². The van der Waals surface area contributed by atoms with Gasteiger partial charge in [-0.2, -0.15) is 0 Å². The summed E-state index contributed by atoms with van der Waals surface area (Å²) in [7, 11) is 1.84. The zero-order valence-corrected chi connectivity index (χ0v) is 11.1. The first-order chi connectivity index (χ1) is 8.11. The van der Waals surface area contributed by atoms with Crippen molar-refractivity contribution in [3.05, 3.63) is 11.9 Å². The Morgan fingerprint density at radius 1 is 1.29 bits per heavy atom. The molecule has 1 heterocycles. The van der Waals surface area contributed by atoms with Crippen LogP contribution in [-0.2, 0) is 4.74 Å². The molecule has 17 heavy (non-hydrogen) atoms. The van der Waals surface area contributed by atoms with Crippen molar-refractivity contribution in [3.8, 4) is 0 Å². The van der Waals surface area contributed by atoms with Gasteiger partial charge in [0.05, 0.1) is 6.61 Å². The van der Waals surface area contributed by atoms with Crippen LogP contribution in [0.1, 0.15) is 19.7 Å². The lowest BCUT2D eigenvalue weighted by Crippen LogP contribution is -2.13.